The fraction of sp³-hybridized carbons (Fsp3) is 0.333. The molecule has 0 aromatic carbocycles. The highest BCUT2D eigenvalue weighted by Gasteiger charge is 1.93. The summed E-state index contributed by atoms with van der Waals surface area (Å²) in [4.78, 5) is 0. The second-order valence-corrected chi connectivity index (χ2v) is 2.22. The molecule has 0 aliphatic heterocycles. The highest BCUT2D eigenvalue weighted by Crippen LogP contribution is 1.82. The number of hydrogen-bond donors (Lipinski definition) is 0. The van der Waals surface area contributed by atoms with E-state index >= 15 is 0 Å². The Hall–Kier alpha value is -0.350. The summed E-state index contributed by atoms with van der Waals surface area (Å²) in [7, 11) is -4.10. The lowest BCUT2D eigenvalue weighted by atomic mass is 10.8. The van der Waals surface area contributed by atoms with E-state index in [1.807, 2.05) is 0 Å². The molecule has 0 aliphatic rings. The number of rotatable bonds is 1. The average molecular weight is 121 g/mol. The fourth-order valence-corrected chi connectivity index (χ4v) is 0.500. The monoisotopic (exact) mass is 121 g/mol. The summed E-state index contributed by atoms with van der Waals surface area (Å²) in [5, 5.41) is 0.604. The van der Waals surface area contributed by atoms with Gasteiger partial charge in [0, 0.05) is 0 Å². The molecule has 4 heteroatoms. The first kappa shape index (κ1) is 6.65. The molecule has 0 saturated carbocycles. The molecular formula is C3H5O3S. The van der Waals surface area contributed by atoms with Crippen molar-refractivity contribution in [3.05, 3.63) is 11.5 Å². The minimum absolute atomic E-state index is 0.604. The molecule has 0 amide bonds. The second-order valence-electron chi connectivity index (χ2n) is 0.962. The summed E-state index contributed by atoms with van der Waals surface area (Å²) < 4.78 is 28.8. The van der Waals surface area contributed by atoms with Gasteiger partial charge in [-0.2, -0.15) is 8.42 Å². The maximum atomic E-state index is 9.59. The second kappa shape index (κ2) is 2.09. The maximum Gasteiger partial charge on any atom is 0.317 e. The van der Waals surface area contributed by atoms with Gasteiger partial charge in [-0.05, 0) is 6.92 Å². The van der Waals surface area contributed by atoms with E-state index in [1.54, 1.807) is 0 Å². The van der Waals surface area contributed by atoms with Gasteiger partial charge in [-0.3, -0.25) is 0 Å². The molecule has 3 nitrogen and oxygen atoms in total. The molecular weight excluding hydrogens is 116 g/mol. The lowest BCUT2D eigenvalue weighted by Crippen LogP contribution is -1.84. The summed E-state index contributed by atoms with van der Waals surface area (Å²) in [5.74, 6) is 0. The fourth-order valence-electron chi connectivity index (χ4n) is 0.167. The van der Waals surface area contributed by atoms with Crippen molar-refractivity contribution in [3.8, 4) is 0 Å². The standard InChI is InChI=1S/C3H5O3S/c1-2-3-7(4,5)6/h2-3H,1H3. The zero-order valence-corrected chi connectivity index (χ0v) is 4.60. The third-order valence-electron chi connectivity index (χ3n) is 0.303. The lowest BCUT2D eigenvalue weighted by molar-refractivity contribution is 0.424. The van der Waals surface area contributed by atoms with Crippen LogP contribution in [-0.4, -0.2) is 8.42 Å². The van der Waals surface area contributed by atoms with Crippen LogP contribution in [0.4, 0.5) is 0 Å². The molecule has 0 fully saturated rings. The average Bonchev–Trinajstić information content (AvgIpc) is 1.30. The van der Waals surface area contributed by atoms with Crippen LogP contribution < -0.4 is 0 Å². The number of hydrogen-bond acceptors (Lipinski definition) is 2. The Morgan fingerprint density at radius 1 is 1.43 bits per heavy atom. The first-order chi connectivity index (χ1) is 3.06. The molecule has 0 bridgehead atoms. The number of allylic oxidation sites excluding steroid dienone is 1. The molecule has 1 radical (unpaired) electrons. The van der Waals surface area contributed by atoms with Crippen LogP contribution in [0.25, 0.3) is 0 Å². The molecule has 41 valence electrons. The van der Waals surface area contributed by atoms with Gasteiger partial charge in [0.15, 0.2) is 0 Å². The Morgan fingerprint density at radius 3 is 1.86 bits per heavy atom. The SMILES string of the molecule is CC=CS([O])(=O)=O. The van der Waals surface area contributed by atoms with Gasteiger partial charge < -0.3 is 0 Å². The van der Waals surface area contributed by atoms with Crippen molar-refractivity contribution in [3.63, 3.8) is 0 Å². The van der Waals surface area contributed by atoms with Crippen LogP contribution in [-0.2, 0) is 14.7 Å². The van der Waals surface area contributed by atoms with Crippen molar-refractivity contribution >= 4 is 10.1 Å². The summed E-state index contributed by atoms with van der Waals surface area (Å²) >= 11 is 0. The largest absolute Gasteiger partial charge is 0.317 e. The summed E-state index contributed by atoms with van der Waals surface area (Å²) in [6.45, 7) is 1.47. The third kappa shape index (κ3) is 5.65. The normalized spacial score (nSPS) is 12.9. The van der Waals surface area contributed by atoms with Gasteiger partial charge in [0.25, 0.3) is 0 Å². The van der Waals surface area contributed by atoms with Gasteiger partial charge in [0.05, 0.1) is 5.41 Å². The third-order valence-corrected chi connectivity index (χ3v) is 0.908. The minimum atomic E-state index is -4.10. The van der Waals surface area contributed by atoms with Crippen molar-refractivity contribution < 1.29 is 13.0 Å². The molecule has 0 aliphatic carbocycles. The van der Waals surface area contributed by atoms with Gasteiger partial charge in [-0.25, -0.2) is 0 Å². The topological polar surface area (TPSA) is 54.0 Å². The van der Waals surface area contributed by atoms with Crippen LogP contribution in [0.3, 0.4) is 0 Å². The van der Waals surface area contributed by atoms with E-state index in [9.17, 15) is 13.0 Å². The van der Waals surface area contributed by atoms with Crippen molar-refractivity contribution in [2.75, 3.05) is 0 Å². The predicted molar refractivity (Wildman–Crippen MR) is 24.4 cm³/mol. The van der Waals surface area contributed by atoms with E-state index in [4.69, 9.17) is 0 Å². The molecule has 0 rings (SSSR count). The molecule has 0 unspecified atom stereocenters. The van der Waals surface area contributed by atoms with E-state index in [1.165, 1.54) is 13.0 Å². The van der Waals surface area contributed by atoms with Crippen LogP contribution in [0.15, 0.2) is 11.5 Å². The van der Waals surface area contributed by atoms with Crippen molar-refractivity contribution in [1.82, 2.24) is 0 Å². The van der Waals surface area contributed by atoms with E-state index in [0.717, 1.165) is 0 Å². The molecule has 0 aromatic rings. The predicted octanol–water partition coefficient (Wildman–Crippen LogP) is 0.280. The Kier molecular flexibility index (Phi) is 1.98. The molecule has 7 heavy (non-hydrogen) atoms. The zero-order valence-electron chi connectivity index (χ0n) is 3.79. The van der Waals surface area contributed by atoms with Crippen molar-refractivity contribution in [2.45, 2.75) is 6.92 Å². The molecule has 0 atom stereocenters. The van der Waals surface area contributed by atoms with Gasteiger partial charge >= 0.3 is 10.1 Å². The zero-order chi connectivity index (χ0) is 5.91. The summed E-state index contributed by atoms with van der Waals surface area (Å²) in [6, 6.07) is 0. The van der Waals surface area contributed by atoms with Crippen LogP contribution >= 0.6 is 0 Å². The molecule has 0 spiro atoms. The van der Waals surface area contributed by atoms with Gasteiger partial charge in [0.1, 0.15) is 0 Å². The maximum absolute atomic E-state index is 9.59. The van der Waals surface area contributed by atoms with Crippen LogP contribution in [0.5, 0.6) is 0 Å². The quantitative estimate of drug-likeness (QED) is 0.500. The van der Waals surface area contributed by atoms with Crippen molar-refractivity contribution in [2.24, 2.45) is 0 Å². The van der Waals surface area contributed by atoms with Crippen LogP contribution in [0.1, 0.15) is 6.92 Å². The van der Waals surface area contributed by atoms with E-state index in [-0.39, 0.29) is 0 Å². The molecule has 0 N–H and O–H groups in total. The molecule has 0 saturated heterocycles. The molecule has 0 aromatic heterocycles. The van der Waals surface area contributed by atoms with Gasteiger partial charge in [-0.15, -0.1) is 0 Å². The van der Waals surface area contributed by atoms with Crippen LogP contribution in [0, 0.1) is 0 Å². The Labute approximate surface area is 42.4 Å². The summed E-state index contributed by atoms with van der Waals surface area (Å²) in [6.07, 6.45) is 1.18. The van der Waals surface area contributed by atoms with E-state index in [0.29, 0.717) is 5.41 Å². The smallest absolute Gasteiger partial charge is 0.192 e. The Morgan fingerprint density at radius 2 is 1.86 bits per heavy atom. The van der Waals surface area contributed by atoms with Gasteiger partial charge in [-0.1, -0.05) is 10.6 Å². The van der Waals surface area contributed by atoms with Crippen molar-refractivity contribution in [1.29, 1.82) is 0 Å². The first-order valence-electron chi connectivity index (χ1n) is 1.65. The summed E-state index contributed by atoms with van der Waals surface area (Å²) in [5.41, 5.74) is 0. The van der Waals surface area contributed by atoms with Crippen LogP contribution in [0.2, 0.25) is 0 Å². The van der Waals surface area contributed by atoms with E-state index in [2.05, 4.69) is 0 Å². The highest BCUT2D eigenvalue weighted by atomic mass is 32.2. The Balaban J connectivity index is 4.13. The van der Waals surface area contributed by atoms with E-state index < -0.39 is 10.1 Å². The lowest BCUT2D eigenvalue weighted by Gasteiger charge is -1.72. The minimum Gasteiger partial charge on any atom is -0.192 e. The Bertz CT molecular complexity index is 153. The van der Waals surface area contributed by atoms with Gasteiger partial charge in [0.2, 0.25) is 0 Å². The molecule has 0 heterocycles. The first-order valence-corrected chi connectivity index (χ1v) is 3.12. The highest BCUT2D eigenvalue weighted by molar-refractivity contribution is 7.88.